The average Bonchev–Trinajstić information content (AvgIpc) is 2.74. The van der Waals surface area contributed by atoms with Crippen molar-refractivity contribution < 1.29 is 22.7 Å². The molecule has 1 N–H and O–H groups in total. The van der Waals surface area contributed by atoms with Crippen molar-refractivity contribution in [3.8, 4) is 0 Å². The number of nitrogens with zero attached hydrogens (tertiary/aromatic N) is 2. The van der Waals surface area contributed by atoms with Gasteiger partial charge in [0.05, 0.1) is 16.3 Å². The van der Waals surface area contributed by atoms with Crippen LogP contribution in [0.3, 0.4) is 0 Å². The van der Waals surface area contributed by atoms with E-state index in [2.05, 4.69) is 10.3 Å². The highest BCUT2D eigenvalue weighted by molar-refractivity contribution is 7.89. The zero-order valence-electron chi connectivity index (χ0n) is 16.7. The molecule has 1 aliphatic heterocycles. The van der Waals surface area contributed by atoms with E-state index in [4.69, 9.17) is 27.9 Å². The van der Waals surface area contributed by atoms with Crippen LogP contribution >= 0.6 is 23.2 Å². The number of carbonyl (C=O) groups excluding carboxylic acids is 2. The highest BCUT2D eigenvalue weighted by Crippen LogP contribution is 2.29. The number of nitrogens with one attached hydrogen (secondary N) is 1. The molecule has 0 aliphatic carbocycles. The predicted octanol–water partition coefficient (Wildman–Crippen LogP) is 3.60. The van der Waals surface area contributed by atoms with Crippen molar-refractivity contribution in [1.82, 2.24) is 9.29 Å². The molecule has 1 aromatic heterocycles. The van der Waals surface area contributed by atoms with E-state index in [1.807, 2.05) is 6.92 Å². The number of hydrogen-bond acceptors (Lipinski definition) is 6. The zero-order chi connectivity index (χ0) is 22.6. The molecule has 1 atom stereocenters. The van der Waals surface area contributed by atoms with Crippen LogP contribution in [-0.4, -0.2) is 49.3 Å². The third-order valence-corrected chi connectivity index (χ3v) is 7.42. The SMILES string of the molecule is CC1CCCN(S(=O)(=O)c2cc(C(=O)OCC(=O)Nc3cccnc3Cl)ccc2Cl)C1. The number of rotatable bonds is 6. The molecule has 1 saturated heterocycles. The molecule has 166 valence electrons. The van der Waals surface area contributed by atoms with Gasteiger partial charge in [-0.3, -0.25) is 4.79 Å². The number of esters is 1. The molecular weight excluding hydrogens is 465 g/mol. The van der Waals surface area contributed by atoms with Gasteiger partial charge in [0.2, 0.25) is 10.0 Å². The lowest BCUT2D eigenvalue weighted by atomic mass is 10.0. The molecule has 1 amide bonds. The van der Waals surface area contributed by atoms with Gasteiger partial charge in [-0.25, -0.2) is 18.2 Å². The summed E-state index contributed by atoms with van der Waals surface area (Å²) < 4.78 is 32.5. The van der Waals surface area contributed by atoms with Gasteiger partial charge in [-0.2, -0.15) is 4.31 Å². The summed E-state index contributed by atoms with van der Waals surface area (Å²) in [5.41, 5.74) is 0.251. The number of carbonyl (C=O) groups is 2. The van der Waals surface area contributed by atoms with E-state index in [1.165, 1.54) is 28.7 Å². The van der Waals surface area contributed by atoms with Gasteiger partial charge in [-0.15, -0.1) is 0 Å². The Morgan fingerprint density at radius 2 is 2.06 bits per heavy atom. The Hall–Kier alpha value is -2.20. The smallest absolute Gasteiger partial charge is 0.338 e. The van der Waals surface area contributed by atoms with Crippen LogP contribution in [0.4, 0.5) is 5.69 Å². The second-order valence-corrected chi connectivity index (χ2v) is 9.89. The lowest BCUT2D eigenvalue weighted by Crippen LogP contribution is -2.39. The molecule has 3 rings (SSSR count). The van der Waals surface area contributed by atoms with Crippen LogP contribution in [0, 0.1) is 5.92 Å². The molecule has 0 bridgehead atoms. The summed E-state index contributed by atoms with van der Waals surface area (Å²) in [6, 6.07) is 6.99. The van der Waals surface area contributed by atoms with Crippen molar-refractivity contribution in [3.05, 3.63) is 52.3 Å². The lowest BCUT2D eigenvalue weighted by Gasteiger charge is -2.30. The maximum absolute atomic E-state index is 13.0. The van der Waals surface area contributed by atoms with E-state index >= 15 is 0 Å². The standard InChI is InChI=1S/C20H21Cl2N3O5S/c1-13-4-3-9-25(11-13)31(28,29)17-10-14(6-7-15(17)21)20(27)30-12-18(26)24-16-5-2-8-23-19(16)22/h2,5-8,10,13H,3-4,9,11-12H2,1H3,(H,24,26). The van der Waals surface area contributed by atoms with E-state index in [-0.39, 0.29) is 32.2 Å². The molecule has 1 aromatic carbocycles. The molecule has 8 nitrogen and oxygen atoms in total. The number of amides is 1. The quantitative estimate of drug-likeness (QED) is 0.494. The third-order valence-electron chi connectivity index (χ3n) is 4.77. The van der Waals surface area contributed by atoms with Crippen molar-refractivity contribution in [2.75, 3.05) is 25.0 Å². The Bertz CT molecular complexity index is 1090. The van der Waals surface area contributed by atoms with E-state index in [0.29, 0.717) is 13.1 Å². The maximum Gasteiger partial charge on any atom is 0.338 e. The molecular formula is C20H21Cl2N3O5S. The number of sulfonamides is 1. The summed E-state index contributed by atoms with van der Waals surface area (Å²) in [6.07, 6.45) is 3.18. The first kappa shape index (κ1) is 23.5. The first-order valence-corrected chi connectivity index (χ1v) is 11.8. The highest BCUT2D eigenvalue weighted by atomic mass is 35.5. The molecule has 0 saturated carbocycles. The first-order chi connectivity index (χ1) is 14.7. The third kappa shape index (κ3) is 5.74. The van der Waals surface area contributed by atoms with E-state index in [0.717, 1.165) is 12.8 Å². The van der Waals surface area contributed by atoms with Crippen molar-refractivity contribution in [2.45, 2.75) is 24.7 Å². The van der Waals surface area contributed by atoms with Crippen LogP contribution in [0.2, 0.25) is 10.2 Å². The first-order valence-electron chi connectivity index (χ1n) is 9.55. The summed E-state index contributed by atoms with van der Waals surface area (Å²) in [4.78, 5) is 28.1. The van der Waals surface area contributed by atoms with Gasteiger partial charge in [-0.1, -0.05) is 30.1 Å². The topological polar surface area (TPSA) is 106 Å². The molecule has 11 heteroatoms. The zero-order valence-corrected chi connectivity index (χ0v) is 19.0. The molecule has 1 fully saturated rings. The predicted molar refractivity (Wildman–Crippen MR) is 117 cm³/mol. The summed E-state index contributed by atoms with van der Waals surface area (Å²) in [7, 11) is -3.87. The van der Waals surface area contributed by atoms with Gasteiger partial charge in [0.1, 0.15) is 4.90 Å². The van der Waals surface area contributed by atoms with Crippen LogP contribution < -0.4 is 5.32 Å². The van der Waals surface area contributed by atoms with Gasteiger partial charge in [0, 0.05) is 19.3 Å². The van der Waals surface area contributed by atoms with Gasteiger partial charge in [-0.05, 0) is 49.1 Å². The van der Waals surface area contributed by atoms with Gasteiger partial charge < -0.3 is 10.1 Å². The van der Waals surface area contributed by atoms with Crippen molar-refractivity contribution in [3.63, 3.8) is 0 Å². The Morgan fingerprint density at radius 1 is 1.29 bits per heavy atom. The Morgan fingerprint density at radius 3 is 2.77 bits per heavy atom. The van der Waals surface area contributed by atoms with E-state index < -0.39 is 28.5 Å². The van der Waals surface area contributed by atoms with Crippen LogP contribution in [0.25, 0.3) is 0 Å². The summed E-state index contributed by atoms with van der Waals surface area (Å²) in [5, 5.41) is 2.59. The number of anilines is 1. The largest absolute Gasteiger partial charge is 0.452 e. The Kier molecular flexibility index (Phi) is 7.53. The van der Waals surface area contributed by atoms with Crippen LogP contribution in [0.15, 0.2) is 41.4 Å². The van der Waals surface area contributed by atoms with Crippen molar-refractivity contribution >= 4 is 50.8 Å². The van der Waals surface area contributed by atoms with Crippen molar-refractivity contribution in [2.24, 2.45) is 5.92 Å². The van der Waals surface area contributed by atoms with Crippen LogP contribution in [-0.2, 0) is 19.6 Å². The summed E-state index contributed by atoms with van der Waals surface area (Å²) in [6.45, 7) is 2.19. The number of ether oxygens (including phenoxy) is 1. The van der Waals surface area contributed by atoms with Crippen molar-refractivity contribution in [1.29, 1.82) is 0 Å². The molecule has 2 heterocycles. The molecule has 1 aliphatic rings. The molecule has 0 spiro atoms. The normalized spacial score (nSPS) is 17.2. The molecule has 0 radical (unpaired) electrons. The minimum atomic E-state index is -3.87. The van der Waals surface area contributed by atoms with E-state index in [1.54, 1.807) is 12.1 Å². The number of aromatic nitrogens is 1. The summed E-state index contributed by atoms with van der Waals surface area (Å²) >= 11 is 12.0. The fourth-order valence-electron chi connectivity index (χ4n) is 3.21. The molecule has 2 aromatic rings. The number of hydrogen-bond donors (Lipinski definition) is 1. The number of piperidine rings is 1. The van der Waals surface area contributed by atoms with Gasteiger partial charge in [0.25, 0.3) is 5.91 Å². The fourth-order valence-corrected chi connectivity index (χ4v) is 5.48. The Labute approximate surface area is 190 Å². The monoisotopic (exact) mass is 485 g/mol. The number of halogens is 2. The average molecular weight is 486 g/mol. The van der Waals surface area contributed by atoms with Crippen LogP contribution in [0.5, 0.6) is 0 Å². The second-order valence-electron chi connectivity index (χ2n) is 7.22. The molecule has 1 unspecified atom stereocenters. The fraction of sp³-hybridized carbons (Fsp3) is 0.350. The number of pyridine rings is 1. The van der Waals surface area contributed by atoms with Gasteiger partial charge >= 0.3 is 5.97 Å². The van der Waals surface area contributed by atoms with Gasteiger partial charge in [0.15, 0.2) is 11.8 Å². The Balaban J connectivity index is 1.69. The summed E-state index contributed by atoms with van der Waals surface area (Å²) in [5.74, 6) is -1.23. The highest BCUT2D eigenvalue weighted by Gasteiger charge is 2.31. The number of benzene rings is 1. The van der Waals surface area contributed by atoms with E-state index in [9.17, 15) is 18.0 Å². The lowest BCUT2D eigenvalue weighted by molar-refractivity contribution is -0.119. The maximum atomic E-state index is 13.0. The minimum absolute atomic E-state index is 0.0127. The second kappa shape index (κ2) is 9.95. The molecule has 31 heavy (non-hydrogen) atoms. The minimum Gasteiger partial charge on any atom is -0.452 e. The van der Waals surface area contributed by atoms with Crippen LogP contribution in [0.1, 0.15) is 30.1 Å².